The van der Waals surface area contributed by atoms with Gasteiger partial charge < -0.3 is 19.2 Å². The lowest BCUT2D eigenvalue weighted by atomic mass is 9.83. The molecule has 2 aromatic rings. The van der Waals surface area contributed by atoms with Gasteiger partial charge in [-0.25, -0.2) is 0 Å². The second kappa shape index (κ2) is 7.42. The van der Waals surface area contributed by atoms with Gasteiger partial charge >= 0.3 is 0 Å². The number of amides is 2. The predicted molar refractivity (Wildman–Crippen MR) is 97.9 cm³/mol. The molecule has 2 bridgehead atoms. The smallest absolute Gasteiger partial charge is 0.250 e. The van der Waals surface area contributed by atoms with Gasteiger partial charge in [0, 0.05) is 50.2 Å². The van der Waals surface area contributed by atoms with E-state index < -0.39 is 0 Å². The van der Waals surface area contributed by atoms with Crippen LogP contribution in [-0.4, -0.2) is 34.4 Å². The standard InChI is InChI=1S/C20H23N3O4/c24-18(21-10-16-3-2-8-27-16)6-7-19(25)22-11-14-9-15(13-22)17-4-1-5-20(26)23(17)12-14/h1-5,8,14-15H,6-7,9-13H2,(H,21,24)/t14-,15+/m1/s1. The number of rotatable bonds is 5. The molecule has 7 nitrogen and oxygen atoms in total. The van der Waals surface area contributed by atoms with Crippen LogP contribution in [0.3, 0.4) is 0 Å². The molecule has 4 rings (SSSR count). The van der Waals surface area contributed by atoms with Gasteiger partial charge in [0.25, 0.3) is 5.56 Å². The summed E-state index contributed by atoms with van der Waals surface area (Å²) in [5.41, 5.74) is 1.06. The number of nitrogens with zero attached hydrogens (tertiary/aromatic N) is 2. The molecule has 0 aromatic carbocycles. The maximum Gasteiger partial charge on any atom is 0.250 e. The van der Waals surface area contributed by atoms with Crippen molar-refractivity contribution in [2.75, 3.05) is 13.1 Å². The largest absolute Gasteiger partial charge is 0.467 e. The van der Waals surface area contributed by atoms with Crippen LogP contribution in [0.1, 0.15) is 36.6 Å². The van der Waals surface area contributed by atoms with E-state index in [4.69, 9.17) is 4.42 Å². The highest BCUT2D eigenvalue weighted by atomic mass is 16.3. The van der Waals surface area contributed by atoms with E-state index >= 15 is 0 Å². The molecule has 0 spiro atoms. The molecule has 1 saturated heterocycles. The normalized spacial score (nSPS) is 20.8. The number of hydrogen-bond donors (Lipinski definition) is 1. The van der Waals surface area contributed by atoms with E-state index in [1.165, 1.54) is 0 Å². The summed E-state index contributed by atoms with van der Waals surface area (Å²) in [4.78, 5) is 38.5. The summed E-state index contributed by atoms with van der Waals surface area (Å²) in [6.45, 7) is 2.27. The second-order valence-electron chi connectivity index (χ2n) is 7.35. The first-order chi connectivity index (χ1) is 13.1. The molecule has 0 unspecified atom stereocenters. The number of carbonyl (C=O) groups excluding carboxylic acids is 2. The Morgan fingerprint density at radius 3 is 2.81 bits per heavy atom. The van der Waals surface area contributed by atoms with Gasteiger partial charge in [0.05, 0.1) is 12.8 Å². The summed E-state index contributed by atoms with van der Waals surface area (Å²) in [7, 11) is 0. The zero-order valence-electron chi connectivity index (χ0n) is 15.1. The van der Waals surface area contributed by atoms with E-state index in [1.54, 1.807) is 30.5 Å². The van der Waals surface area contributed by atoms with Gasteiger partial charge in [0.15, 0.2) is 0 Å². The Morgan fingerprint density at radius 1 is 1.11 bits per heavy atom. The molecule has 0 radical (unpaired) electrons. The third-order valence-corrected chi connectivity index (χ3v) is 5.44. The molecule has 2 amide bonds. The van der Waals surface area contributed by atoms with Gasteiger partial charge in [-0.3, -0.25) is 14.4 Å². The minimum absolute atomic E-state index is 0.00424. The molecule has 1 N–H and O–H groups in total. The number of pyridine rings is 1. The number of likely N-dealkylation sites (tertiary alicyclic amines) is 1. The molecule has 4 heterocycles. The van der Waals surface area contributed by atoms with E-state index in [0.717, 1.165) is 12.1 Å². The summed E-state index contributed by atoms with van der Waals surface area (Å²) in [5, 5.41) is 2.76. The third kappa shape index (κ3) is 3.82. The Balaban J connectivity index is 1.31. The van der Waals surface area contributed by atoms with E-state index in [2.05, 4.69) is 5.32 Å². The van der Waals surface area contributed by atoms with Crippen molar-refractivity contribution in [1.29, 1.82) is 0 Å². The summed E-state index contributed by atoms with van der Waals surface area (Å²) in [5.74, 6) is 1.03. The van der Waals surface area contributed by atoms with E-state index in [9.17, 15) is 14.4 Å². The Kier molecular flexibility index (Phi) is 4.83. The molecule has 2 atom stereocenters. The molecule has 142 valence electrons. The van der Waals surface area contributed by atoms with Crippen LogP contribution in [0.5, 0.6) is 0 Å². The minimum Gasteiger partial charge on any atom is -0.467 e. The van der Waals surface area contributed by atoms with Crippen molar-refractivity contribution in [3.05, 3.63) is 58.4 Å². The predicted octanol–water partition coefficient (Wildman–Crippen LogP) is 1.48. The molecule has 0 saturated carbocycles. The average Bonchev–Trinajstić information content (AvgIpc) is 3.19. The van der Waals surface area contributed by atoms with Gasteiger partial charge in [-0.1, -0.05) is 6.07 Å². The highest BCUT2D eigenvalue weighted by molar-refractivity contribution is 5.83. The van der Waals surface area contributed by atoms with Crippen LogP contribution in [0.15, 0.2) is 45.8 Å². The van der Waals surface area contributed by atoms with Gasteiger partial charge in [0.1, 0.15) is 5.76 Å². The minimum atomic E-state index is -0.158. The SMILES string of the molecule is O=C(CCC(=O)N1C[C@H]2C[C@@H](C1)c1cccc(=O)n1C2)NCc1ccco1. The average molecular weight is 369 g/mol. The van der Waals surface area contributed by atoms with E-state index in [-0.39, 0.29) is 36.1 Å². The zero-order chi connectivity index (χ0) is 18.8. The fourth-order valence-electron chi connectivity index (χ4n) is 4.17. The van der Waals surface area contributed by atoms with Crippen LogP contribution in [0.4, 0.5) is 0 Å². The molecule has 7 heteroatoms. The van der Waals surface area contributed by atoms with Crippen LogP contribution >= 0.6 is 0 Å². The summed E-state index contributed by atoms with van der Waals surface area (Å²) < 4.78 is 7.02. The van der Waals surface area contributed by atoms with Crippen molar-refractivity contribution >= 4 is 11.8 Å². The van der Waals surface area contributed by atoms with Crippen LogP contribution in [0, 0.1) is 5.92 Å². The molecule has 1 fully saturated rings. The Bertz CT molecular complexity index is 887. The molecule has 2 aliphatic rings. The number of nitrogens with one attached hydrogen (secondary N) is 1. The van der Waals surface area contributed by atoms with Crippen molar-refractivity contribution in [3.63, 3.8) is 0 Å². The Labute approximate surface area is 157 Å². The van der Waals surface area contributed by atoms with Crippen LogP contribution in [0.2, 0.25) is 0 Å². The van der Waals surface area contributed by atoms with Crippen molar-refractivity contribution in [2.45, 2.75) is 38.3 Å². The number of carbonyl (C=O) groups is 2. The van der Waals surface area contributed by atoms with Crippen molar-refractivity contribution < 1.29 is 14.0 Å². The highest BCUT2D eigenvalue weighted by Gasteiger charge is 2.36. The molecule has 27 heavy (non-hydrogen) atoms. The quantitative estimate of drug-likeness (QED) is 0.865. The Hall–Kier alpha value is -2.83. The molecular formula is C20H23N3O4. The lowest BCUT2D eigenvalue weighted by Crippen LogP contribution is -2.49. The monoisotopic (exact) mass is 369 g/mol. The maximum atomic E-state index is 12.6. The molecule has 2 aromatic heterocycles. The van der Waals surface area contributed by atoms with Crippen LogP contribution in [0.25, 0.3) is 0 Å². The van der Waals surface area contributed by atoms with Crippen molar-refractivity contribution in [1.82, 2.24) is 14.8 Å². The fraction of sp³-hybridized carbons (Fsp3) is 0.450. The lowest BCUT2D eigenvalue weighted by Gasteiger charge is -2.42. The van der Waals surface area contributed by atoms with E-state index in [0.29, 0.717) is 37.9 Å². The van der Waals surface area contributed by atoms with Crippen LogP contribution in [-0.2, 0) is 22.7 Å². The van der Waals surface area contributed by atoms with Crippen molar-refractivity contribution in [2.24, 2.45) is 5.92 Å². The fourth-order valence-corrected chi connectivity index (χ4v) is 4.17. The number of piperidine rings is 1. The van der Waals surface area contributed by atoms with E-state index in [1.807, 2.05) is 15.5 Å². The summed E-state index contributed by atoms with van der Waals surface area (Å²) >= 11 is 0. The second-order valence-corrected chi connectivity index (χ2v) is 7.35. The van der Waals surface area contributed by atoms with Gasteiger partial charge in [-0.05, 0) is 30.5 Å². The topological polar surface area (TPSA) is 84.5 Å². The van der Waals surface area contributed by atoms with Gasteiger partial charge in [0.2, 0.25) is 11.8 Å². The third-order valence-electron chi connectivity index (χ3n) is 5.44. The van der Waals surface area contributed by atoms with Gasteiger partial charge in [-0.2, -0.15) is 0 Å². The summed E-state index contributed by atoms with van der Waals surface area (Å²) in [6, 6.07) is 8.93. The number of aromatic nitrogens is 1. The number of furan rings is 1. The molecular weight excluding hydrogens is 346 g/mol. The van der Waals surface area contributed by atoms with Crippen LogP contribution < -0.4 is 10.9 Å². The zero-order valence-corrected chi connectivity index (χ0v) is 15.1. The Morgan fingerprint density at radius 2 is 2.00 bits per heavy atom. The number of fused-ring (bicyclic) bond motifs is 4. The van der Waals surface area contributed by atoms with Crippen molar-refractivity contribution in [3.8, 4) is 0 Å². The maximum absolute atomic E-state index is 12.6. The highest BCUT2D eigenvalue weighted by Crippen LogP contribution is 2.35. The lowest BCUT2D eigenvalue weighted by molar-refractivity contribution is -0.136. The first kappa shape index (κ1) is 17.6. The van der Waals surface area contributed by atoms with Gasteiger partial charge in [-0.15, -0.1) is 0 Å². The molecule has 0 aliphatic carbocycles. The first-order valence-electron chi connectivity index (χ1n) is 9.37. The summed E-state index contributed by atoms with van der Waals surface area (Å²) in [6.07, 6.45) is 2.94. The number of hydrogen-bond acceptors (Lipinski definition) is 4. The first-order valence-corrected chi connectivity index (χ1v) is 9.37. The molecule has 2 aliphatic heterocycles.